The molecule has 0 atom stereocenters. The van der Waals surface area contributed by atoms with Crippen LogP contribution in [0.3, 0.4) is 0 Å². The van der Waals surface area contributed by atoms with Gasteiger partial charge in [0.05, 0.1) is 13.0 Å². The third kappa shape index (κ3) is 7.69. The van der Waals surface area contributed by atoms with E-state index in [9.17, 15) is 9.59 Å². The molecule has 0 bridgehead atoms. The number of hydrogen-bond donors (Lipinski definition) is 1. The molecular weight excluding hydrogens is 318 g/mol. The maximum Gasteiger partial charge on any atom is 0.305 e. The summed E-state index contributed by atoms with van der Waals surface area (Å²) >= 11 is 0. The molecule has 0 saturated heterocycles. The van der Waals surface area contributed by atoms with Crippen molar-refractivity contribution >= 4 is 17.6 Å². The van der Waals surface area contributed by atoms with Crippen molar-refractivity contribution in [2.24, 2.45) is 0 Å². The Morgan fingerprint density at radius 3 is 2.24 bits per heavy atom. The van der Waals surface area contributed by atoms with E-state index in [1.54, 1.807) is 0 Å². The largest absolute Gasteiger partial charge is 0.481 e. The summed E-state index contributed by atoms with van der Waals surface area (Å²) in [6, 6.07) is 8.19. The highest BCUT2D eigenvalue weighted by atomic mass is 16.5. The Bertz CT molecular complexity index is 546. The van der Waals surface area contributed by atoms with Crippen LogP contribution in [0.5, 0.6) is 0 Å². The standard InChI is InChI=1S/C20H31NO4/c1-5-18(22)21(13-6-7-14-25-15-12-19(23)24)17-10-8-16(9-11-17)20(2,3)4/h8-11H,5-7,12-15H2,1-4H3,(H,23,24). The molecule has 0 aliphatic rings. The molecule has 0 spiro atoms. The van der Waals surface area contributed by atoms with Gasteiger partial charge in [0.2, 0.25) is 5.91 Å². The van der Waals surface area contributed by atoms with Crippen molar-refractivity contribution in [3.63, 3.8) is 0 Å². The molecule has 1 amide bonds. The fourth-order valence-corrected chi connectivity index (χ4v) is 2.47. The van der Waals surface area contributed by atoms with E-state index in [0.717, 1.165) is 18.5 Å². The molecule has 1 N–H and O–H groups in total. The van der Waals surface area contributed by atoms with E-state index in [2.05, 4.69) is 32.9 Å². The molecule has 1 rings (SSSR count). The summed E-state index contributed by atoms with van der Waals surface area (Å²) in [6.45, 7) is 9.77. The number of hydrogen-bond acceptors (Lipinski definition) is 3. The fourth-order valence-electron chi connectivity index (χ4n) is 2.47. The lowest BCUT2D eigenvalue weighted by Crippen LogP contribution is -2.31. The number of carboxylic acids is 1. The molecule has 0 heterocycles. The van der Waals surface area contributed by atoms with Crippen molar-refractivity contribution in [1.82, 2.24) is 0 Å². The third-order valence-electron chi connectivity index (χ3n) is 4.03. The SMILES string of the molecule is CCC(=O)N(CCCCOCCC(=O)O)c1ccc(C(C)(C)C)cc1. The average Bonchev–Trinajstić information content (AvgIpc) is 2.56. The highest BCUT2D eigenvalue weighted by Crippen LogP contribution is 2.25. The predicted molar refractivity (Wildman–Crippen MR) is 100 cm³/mol. The van der Waals surface area contributed by atoms with Gasteiger partial charge in [-0.25, -0.2) is 0 Å². The van der Waals surface area contributed by atoms with E-state index in [4.69, 9.17) is 9.84 Å². The minimum absolute atomic E-state index is 0.0283. The first-order valence-corrected chi connectivity index (χ1v) is 8.96. The minimum Gasteiger partial charge on any atom is -0.481 e. The van der Waals surface area contributed by atoms with Crippen LogP contribution < -0.4 is 4.90 Å². The van der Waals surface area contributed by atoms with Gasteiger partial charge in [-0.2, -0.15) is 0 Å². The highest BCUT2D eigenvalue weighted by molar-refractivity contribution is 5.93. The normalized spacial score (nSPS) is 11.4. The number of carbonyl (C=O) groups excluding carboxylic acids is 1. The maximum absolute atomic E-state index is 12.3. The van der Waals surface area contributed by atoms with Crippen LogP contribution in [-0.4, -0.2) is 36.7 Å². The van der Waals surface area contributed by atoms with Gasteiger partial charge in [0, 0.05) is 25.3 Å². The monoisotopic (exact) mass is 349 g/mol. The zero-order chi connectivity index (χ0) is 18.9. The summed E-state index contributed by atoms with van der Waals surface area (Å²) in [5.74, 6) is -0.742. The van der Waals surface area contributed by atoms with Crippen molar-refractivity contribution in [2.45, 2.75) is 58.8 Å². The van der Waals surface area contributed by atoms with Gasteiger partial charge in [0.15, 0.2) is 0 Å². The van der Waals surface area contributed by atoms with Crippen molar-refractivity contribution in [3.8, 4) is 0 Å². The van der Waals surface area contributed by atoms with Gasteiger partial charge >= 0.3 is 5.97 Å². The van der Waals surface area contributed by atoms with Gasteiger partial charge in [-0.15, -0.1) is 0 Å². The van der Waals surface area contributed by atoms with E-state index >= 15 is 0 Å². The Labute approximate surface area is 151 Å². The Hall–Kier alpha value is -1.88. The van der Waals surface area contributed by atoms with Gasteiger partial charge in [0.25, 0.3) is 0 Å². The zero-order valence-electron chi connectivity index (χ0n) is 15.9. The van der Waals surface area contributed by atoms with Crippen LogP contribution in [0.2, 0.25) is 0 Å². The van der Waals surface area contributed by atoms with Crippen LogP contribution >= 0.6 is 0 Å². The number of carbonyl (C=O) groups is 2. The summed E-state index contributed by atoms with van der Waals surface area (Å²) in [7, 11) is 0. The number of aliphatic carboxylic acids is 1. The van der Waals surface area contributed by atoms with Crippen molar-refractivity contribution < 1.29 is 19.4 Å². The van der Waals surface area contributed by atoms with Crippen LogP contribution in [-0.2, 0) is 19.7 Å². The predicted octanol–water partition coefficient (Wildman–Crippen LogP) is 4.00. The average molecular weight is 349 g/mol. The Balaban J connectivity index is 2.55. The summed E-state index contributed by atoms with van der Waals surface area (Å²) in [4.78, 5) is 24.5. The molecule has 0 aliphatic heterocycles. The van der Waals surface area contributed by atoms with Crippen LogP contribution in [0.4, 0.5) is 5.69 Å². The van der Waals surface area contributed by atoms with Crippen molar-refractivity contribution in [1.29, 1.82) is 0 Å². The summed E-state index contributed by atoms with van der Waals surface area (Å²) in [5.41, 5.74) is 2.25. The molecule has 25 heavy (non-hydrogen) atoms. The van der Waals surface area contributed by atoms with E-state index in [1.165, 1.54) is 5.56 Å². The molecule has 0 unspecified atom stereocenters. The number of carboxylic acid groups (broad SMARTS) is 1. The Morgan fingerprint density at radius 2 is 1.72 bits per heavy atom. The van der Waals surface area contributed by atoms with Crippen LogP contribution in [0.25, 0.3) is 0 Å². The topological polar surface area (TPSA) is 66.8 Å². The molecule has 5 nitrogen and oxygen atoms in total. The lowest BCUT2D eigenvalue weighted by molar-refractivity contribution is -0.138. The number of amides is 1. The number of unbranched alkanes of at least 4 members (excludes halogenated alkanes) is 1. The first-order chi connectivity index (χ1) is 11.8. The lowest BCUT2D eigenvalue weighted by Gasteiger charge is -2.24. The number of anilines is 1. The van der Waals surface area contributed by atoms with Gasteiger partial charge in [-0.3, -0.25) is 9.59 Å². The van der Waals surface area contributed by atoms with E-state index in [1.807, 2.05) is 24.0 Å². The second-order valence-electron chi connectivity index (χ2n) is 7.16. The summed E-state index contributed by atoms with van der Waals surface area (Å²) in [6.07, 6.45) is 2.11. The first-order valence-electron chi connectivity index (χ1n) is 8.96. The van der Waals surface area contributed by atoms with Gasteiger partial charge in [-0.1, -0.05) is 39.8 Å². The molecule has 5 heteroatoms. The minimum atomic E-state index is -0.849. The van der Waals surface area contributed by atoms with Crippen LogP contribution in [0.1, 0.15) is 58.9 Å². The van der Waals surface area contributed by atoms with E-state index in [-0.39, 0.29) is 24.3 Å². The highest BCUT2D eigenvalue weighted by Gasteiger charge is 2.16. The number of rotatable bonds is 10. The Kier molecular flexibility index (Phi) is 8.62. The number of benzene rings is 1. The Morgan fingerprint density at radius 1 is 1.08 bits per heavy atom. The smallest absolute Gasteiger partial charge is 0.305 e. The van der Waals surface area contributed by atoms with Crippen molar-refractivity contribution in [2.75, 3.05) is 24.7 Å². The van der Waals surface area contributed by atoms with Gasteiger partial charge in [0.1, 0.15) is 0 Å². The zero-order valence-corrected chi connectivity index (χ0v) is 15.9. The molecule has 140 valence electrons. The second kappa shape index (κ2) is 10.2. The molecule has 0 aromatic heterocycles. The third-order valence-corrected chi connectivity index (χ3v) is 4.03. The van der Waals surface area contributed by atoms with E-state index in [0.29, 0.717) is 19.6 Å². The number of ether oxygens (including phenoxy) is 1. The summed E-state index contributed by atoms with van der Waals surface area (Å²) in [5, 5.41) is 8.55. The fraction of sp³-hybridized carbons (Fsp3) is 0.600. The van der Waals surface area contributed by atoms with Gasteiger partial charge in [-0.05, 0) is 36.0 Å². The lowest BCUT2D eigenvalue weighted by atomic mass is 9.87. The van der Waals surface area contributed by atoms with E-state index < -0.39 is 5.97 Å². The molecule has 1 aromatic carbocycles. The number of nitrogens with zero attached hydrogens (tertiary/aromatic N) is 1. The first kappa shape index (κ1) is 21.2. The van der Waals surface area contributed by atoms with Crippen molar-refractivity contribution in [3.05, 3.63) is 29.8 Å². The molecule has 0 fully saturated rings. The maximum atomic E-state index is 12.3. The molecule has 1 aromatic rings. The molecule has 0 aliphatic carbocycles. The van der Waals surface area contributed by atoms with Crippen LogP contribution in [0.15, 0.2) is 24.3 Å². The molecular formula is C20H31NO4. The van der Waals surface area contributed by atoms with Gasteiger partial charge < -0.3 is 14.7 Å². The second-order valence-corrected chi connectivity index (χ2v) is 7.16. The molecule has 0 radical (unpaired) electrons. The molecule has 0 saturated carbocycles. The quantitative estimate of drug-likeness (QED) is 0.648. The summed E-state index contributed by atoms with van der Waals surface area (Å²) < 4.78 is 5.29. The van der Waals surface area contributed by atoms with Crippen LogP contribution in [0, 0.1) is 0 Å².